The van der Waals surface area contributed by atoms with Crippen molar-refractivity contribution in [1.29, 1.82) is 0 Å². The lowest BCUT2D eigenvalue weighted by Gasteiger charge is -2.33. The molecule has 6 aromatic rings. The SMILES string of the molecule is CC(C)(C)OC(=O)N1CC=C(B2OC(C)(C)C(C)(C)O2)CC1.CC(C)(C)OC(=O)N1CC=C(c2c(F)cc(F)c(N)c2F)CC1.CC(C)(C)OC(=O)N1CCC(c2c(F)cc(F)c(N)c2F)CC1.Fc1cc(F)c(Br)c(F)c1.Nc1c(F)cc(F)c(Br)c1F.Nc1c(F)cc(F)c(Br)c1F.O=[N+]([O-])c1c(F)cc(F)c(Br)c1F. The lowest BCUT2D eigenvalue weighted by Crippen LogP contribution is -2.41. The van der Waals surface area contributed by atoms with Crippen molar-refractivity contribution in [3.8, 4) is 0 Å². The number of nitrogens with two attached hydrogens (primary N) is 4. The van der Waals surface area contributed by atoms with Gasteiger partial charge >= 0.3 is 31.1 Å². The smallest absolute Gasteiger partial charge is 0.444 e. The Bertz CT molecular complexity index is 4410. The summed E-state index contributed by atoms with van der Waals surface area (Å²) in [7, 11) is -0.314. The van der Waals surface area contributed by atoms with Gasteiger partial charge in [0.05, 0.1) is 39.6 Å². The monoisotopic (exact) mass is 1880 g/mol. The minimum absolute atomic E-state index is 0.153. The Kier molecular flexibility index (Phi) is 34.4. The minimum atomic E-state index is -1.55. The van der Waals surface area contributed by atoms with E-state index in [9.17, 15) is 104 Å². The standard InChI is InChI=1S/C16H28BNO4.C16H21F3N2O2.C16H19F3N2O2.C6HBrF3NO2.2C6H3BrF3N.C6H2BrF3/c1-14(2,3)20-13(19)18-10-8-12(9-11-18)17-21-15(4,5)16(6,7)22-17;2*1-16(2,3)23-15(22)21-6-4-9(5-7-21)12-10(17)8-11(18)14(20)13(12)19;7-4-2(8)1-3(9)6(5(4)10)11(12)13;2*7-4-2(8)1-3(9)6(11)5(4)10;7-6-4(9)1-3(8)2-5(6)10/h8H,9-11H2,1-7H3;8-9H,4-7,20H2,1-3H3;4,8H,5-7,20H2,1-3H3;1H;2*1H,11H2;1-2H. The number of carbonyl (C=O) groups excluding carboxylic acids is 3. The van der Waals surface area contributed by atoms with Gasteiger partial charge in [-0.05, 0) is 196 Å². The number of nitrogens with zero attached hydrogens (tertiary/aromatic N) is 4. The number of hydrogen-bond donors (Lipinski definition) is 4. The highest BCUT2D eigenvalue weighted by Gasteiger charge is 2.52. The van der Waals surface area contributed by atoms with E-state index in [0.717, 1.165) is 11.9 Å². The van der Waals surface area contributed by atoms with Crippen LogP contribution >= 0.6 is 63.7 Å². The van der Waals surface area contributed by atoms with Crippen LogP contribution in [0.15, 0.2) is 78.0 Å². The van der Waals surface area contributed by atoms with E-state index in [1.54, 1.807) is 46.4 Å². The molecule has 0 atom stereocenters. The van der Waals surface area contributed by atoms with E-state index >= 15 is 0 Å². The molecule has 0 aliphatic carbocycles. The zero-order valence-electron chi connectivity index (χ0n) is 62.4. The van der Waals surface area contributed by atoms with Crippen molar-refractivity contribution in [3.63, 3.8) is 0 Å². The number of nitro benzene ring substituents is 1. The number of likely N-dealkylation sites (tertiary alicyclic amines) is 1. The molecular formula is C72H77BBr4F18N8O10. The number of amides is 3. The maximum Gasteiger partial charge on any atom is 0.490 e. The Morgan fingerprint density at radius 2 is 0.788 bits per heavy atom. The third-order valence-corrected chi connectivity index (χ3v) is 19.1. The molecule has 2 saturated heterocycles. The number of carbonyl (C=O) groups is 3. The number of benzene rings is 6. The molecule has 10 rings (SSSR count). The van der Waals surface area contributed by atoms with Gasteiger partial charge in [-0.25, -0.2) is 84.6 Å². The van der Waals surface area contributed by atoms with Crippen LogP contribution in [0.2, 0.25) is 0 Å². The molecule has 0 aromatic heterocycles. The van der Waals surface area contributed by atoms with E-state index in [1.807, 2.05) is 54.5 Å². The zero-order chi connectivity index (χ0) is 86.6. The van der Waals surface area contributed by atoms with E-state index < -0.39 is 186 Å². The van der Waals surface area contributed by atoms with Gasteiger partial charge in [-0.1, -0.05) is 12.2 Å². The molecule has 4 aliphatic heterocycles. The summed E-state index contributed by atoms with van der Waals surface area (Å²) in [6.45, 7) is 26.6. The van der Waals surface area contributed by atoms with Crippen molar-refractivity contribution in [2.45, 2.75) is 150 Å². The average molecular weight is 1890 g/mol. The molecule has 0 bridgehead atoms. The summed E-state index contributed by atoms with van der Waals surface area (Å²) in [6, 6.07) is 3.65. The van der Waals surface area contributed by atoms with Gasteiger partial charge < -0.3 is 61.2 Å². The van der Waals surface area contributed by atoms with Crippen LogP contribution in [0.1, 0.15) is 133 Å². The number of halogens is 22. The zero-order valence-corrected chi connectivity index (χ0v) is 68.8. The van der Waals surface area contributed by atoms with Gasteiger partial charge in [-0.2, -0.15) is 8.78 Å². The molecule has 622 valence electrons. The third kappa shape index (κ3) is 27.0. The lowest BCUT2D eigenvalue weighted by molar-refractivity contribution is -0.390. The number of rotatable bonds is 4. The first-order valence-electron chi connectivity index (χ1n) is 33.2. The van der Waals surface area contributed by atoms with Gasteiger partial charge in [-0.3, -0.25) is 10.1 Å². The van der Waals surface area contributed by atoms with E-state index in [4.69, 9.17) is 46.5 Å². The fourth-order valence-corrected chi connectivity index (χ4v) is 10.9. The molecule has 0 unspecified atom stereocenters. The average Bonchev–Trinajstić information content (AvgIpc) is 1.44. The Morgan fingerprint density at radius 3 is 1.16 bits per heavy atom. The first-order chi connectivity index (χ1) is 51.7. The second-order valence-electron chi connectivity index (χ2n) is 28.6. The Balaban J connectivity index is 0.000000285. The highest BCUT2D eigenvalue weighted by atomic mass is 79.9. The number of ether oxygens (including phenoxy) is 3. The number of nitro groups is 1. The molecule has 18 nitrogen and oxygen atoms in total. The first-order valence-corrected chi connectivity index (χ1v) is 36.4. The predicted molar refractivity (Wildman–Crippen MR) is 400 cm³/mol. The van der Waals surface area contributed by atoms with Crippen LogP contribution < -0.4 is 22.9 Å². The van der Waals surface area contributed by atoms with Gasteiger partial charge in [0.1, 0.15) is 86.1 Å². The number of hydrogen-bond acceptors (Lipinski definition) is 14. The second-order valence-corrected chi connectivity index (χ2v) is 31.8. The minimum Gasteiger partial charge on any atom is -0.444 e. The molecule has 4 aliphatic rings. The number of piperidine rings is 1. The topological polar surface area (TPSA) is 254 Å². The van der Waals surface area contributed by atoms with Gasteiger partial charge in [0.2, 0.25) is 11.6 Å². The fourth-order valence-electron chi connectivity index (χ4n) is 9.76. The number of nitrogen functional groups attached to an aromatic ring is 4. The van der Waals surface area contributed by atoms with Crippen LogP contribution in [0.4, 0.5) is 122 Å². The highest BCUT2D eigenvalue weighted by Crippen LogP contribution is 2.41. The van der Waals surface area contributed by atoms with Crippen molar-refractivity contribution in [2.75, 3.05) is 62.2 Å². The van der Waals surface area contributed by atoms with Crippen LogP contribution in [0.3, 0.4) is 0 Å². The van der Waals surface area contributed by atoms with E-state index in [-0.39, 0.29) is 65.6 Å². The third-order valence-electron chi connectivity index (χ3n) is 16.2. The lowest BCUT2D eigenvalue weighted by atomic mass is 9.75. The van der Waals surface area contributed by atoms with Crippen LogP contribution in [-0.2, 0) is 23.5 Å². The molecular weight excluding hydrogens is 1810 g/mol. The largest absolute Gasteiger partial charge is 0.490 e. The Labute approximate surface area is 671 Å². The summed E-state index contributed by atoms with van der Waals surface area (Å²) < 4.78 is 258. The molecule has 8 N–H and O–H groups in total. The van der Waals surface area contributed by atoms with Crippen molar-refractivity contribution >= 4 is 123 Å². The molecule has 0 saturated carbocycles. The Hall–Kier alpha value is -8.15. The quantitative estimate of drug-likeness (QED) is 0.0187. The molecule has 3 amide bonds. The van der Waals surface area contributed by atoms with Gasteiger partial charge in [-0.15, -0.1) is 0 Å². The molecule has 0 radical (unpaired) electrons. The normalized spacial score (nSPS) is 15.2. The van der Waals surface area contributed by atoms with Crippen LogP contribution in [0.5, 0.6) is 0 Å². The summed E-state index contributed by atoms with van der Waals surface area (Å²) in [5.41, 5.74) is 14.8. The molecule has 41 heteroatoms. The summed E-state index contributed by atoms with van der Waals surface area (Å²) in [5, 5.41) is 10.1. The maximum atomic E-state index is 14.1. The first kappa shape index (κ1) is 97.2. The maximum absolute atomic E-state index is 14.1. The van der Waals surface area contributed by atoms with Crippen molar-refractivity contribution in [2.24, 2.45) is 0 Å². The van der Waals surface area contributed by atoms with E-state index in [2.05, 4.69) is 63.7 Å². The van der Waals surface area contributed by atoms with Crippen LogP contribution in [-0.4, -0.2) is 112 Å². The summed E-state index contributed by atoms with van der Waals surface area (Å²) >= 11 is 10.1. The van der Waals surface area contributed by atoms with E-state index in [1.165, 1.54) is 15.9 Å². The second kappa shape index (κ2) is 39.9. The van der Waals surface area contributed by atoms with Crippen LogP contribution in [0, 0.1) is 115 Å². The van der Waals surface area contributed by atoms with Crippen molar-refractivity contribution < 1.29 is 122 Å². The predicted octanol–water partition coefficient (Wildman–Crippen LogP) is 21.2. The van der Waals surface area contributed by atoms with Gasteiger partial charge in [0.15, 0.2) is 46.5 Å². The summed E-state index contributed by atoms with van der Waals surface area (Å²) in [5.74, 6) is -20.3. The number of anilines is 4. The van der Waals surface area contributed by atoms with Crippen molar-refractivity contribution in [3.05, 3.63) is 204 Å². The highest BCUT2D eigenvalue weighted by molar-refractivity contribution is 9.11. The van der Waals surface area contributed by atoms with E-state index in [0.29, 0.717) is 81.0 Å². The molecule has 2 fully saturated rings. The van der Waals surface area contributed by atoms with Crippen molar-refractivity contribution in [1.82, 2.24) is 14.7 Å². The molecule has 113 heavy (non-hydrogen) atoms. The molecule has 0 spiro atoms. The molecule has 4 heterocycles. The summed E-state index contributed by atoms with van der Waals surface area (Å²) in [4.78, 5) is 49.5. The van der Waals surface area contributed by atoms with Gasteiger partial charge in [0.25, 0.3) is 0 Å². The molecule has 6 aromatic carbocycles. The van der Waals surface area contributed by atoms with Crippen LogP contribution in [0.25, 0.3) is 5.57 Å². The Morgan fingerprint density at radius 1 is 0.451 bits per heavy atom. The fraction of sp³-hybridized carbons (Fsp3) is 0.403. The summed E-state index contributed by atoms with van der Waals surface area (Å²) in [6.07, 6.45) is 4.02. The van der Waals surface area contributed by atoms with Gasteiger partial charge in [0, 0.05) is 87.3 Å².